The molecule has 1 amide bonds. The highest BCUT2D eigenvalue weighted by Crippen LogP contribution is 2.28. The van der Waals surface area contributed by atoms with Crippen molar-refractivity contribution in [2.24, 2.45) is 0 Å². The standard InChI is InChI=1S/C25H25N5OS/c1-25(2,3)18-13-15-19(16-14-18)26-24(31)21-11-7-8-12-22(21)32-17-23-27-28-29-30(23)20-9-5-4-6-10-20/h4-16H,17H2,1-3H3,(H,26,31). The molecule has 0 saturated heterocycles. The van der Waals surface area contributed by atoms with Gasteiger partial charge in [0, 0.05) is 10.6 Å². The Balaban J connectivity index is 1.48. The molecule has 162 valence electrons. The van der Waals surface area contributed by atoms with Gasteiger partial charge in [0.2, 0.25) is 0 Å². The largest absolute Gasteiger partial charge is 0.322 e. The molecule has 1 aromatic heterocycles. The number of benzene rings is 3. The molecule has 3 aromatic carbocycles. The molecule has 0 aliphatic carbocycles. The van der Waals surface area contributed by atoms with E-state index in [1.807, 2.05) is 66.7 Å². The summed E-state index contributed by atoms with van der Waals surface area (Å²) in [6.45, 7) is 6.51. The van der Waals surface area contributed by atoms with Gasteiger partial charge >= 0.3 is 0 Å². The van der Waals surface area contributed by atoms with Crippen molar-refractivity contribution in [3.63, 3.8) is 0 Å². The molecule has 0 fully saturated rings. The van der Waals surface area contributed by atoms with Crippen LogP contribution in [0.25, 0.3) is 5.69 Å². The summed E-state index contributed by atoms with van der Waals surface area (Å²) in [5, 5.41) is 15.1. The normalized spacial score (nSPS) is 11.3. The second kappa shape index (κ2) is 9.36. The summed E-state index contributed by atoms with van der Waals surface area (Å²) in [5.41, 5.74) is 3.59. The lowest BCUT2D eigenvalue weighted by Crippen LogP contribution is -2.14. The van der Waals surface area contributed by atoms with Gasteiger partial charge in [0.05, 0.1) is 17.0 Å². The highest BCUT2D eigenvalue weighted by atomic mass is 32.2. The third kappa shape index (κ3) is 5.06. The average Bonchev–Trinajstić information content (AvgIpc) is 3.27. The predicted molar refractivity (Wildman–Crippen MR) is 128 cm³/mol. The number of nitrogens with zero attached hydrogens (tertiary/aromatic N) is 4. The minimum absolute atomic E-state index is 0.0704. The molecule has 0 spiro atoms. The van der Waals surface area contributed by atoms with E-state index in [1.165, 1.54) is 17.3 Å². The van der Waals surface area contributed by atoms with E-state index in [-0.39, 0.29) is 11.3 Å². The zero-order valence-corrected chi connectivity index (χ0v) is 19.1. The van der Waals surface area contributed by atoms with Gasteiger partial charge in [-0.05, 0) is 57.8 Å². The van der Waals surface area contributed by atoms with Crippen molar-refractivity contribution < 1.29 is 4.79 Å². The zero-order valence-electron chi connectivity index (χ0n) is 18.3. The Morgan fingerprint density at radius 1 is 0.938 bits per heavy atom. The Hall–Kier alpha value is -3.45. The molecule has 6 nitrogen and oxygen atoms in total. The van der Waals surface area contributed by atoms with Crippen molar-refractivity contribution in [3.8, 4) is 5.69 Å². The lowest BCUT2D eigenvalue weighted by atomic mass is 9.87. The molecule has 4 aromatic rings. The molecule has 0 radical (unpaired) electrons. The van der Waals surface area contributed by atoms with Crippen LogP contribution in [0.15, 0.2) is 83.8 Å². The maximum atomic E-state index is 13.0. The van der Waals surface area contributed by atoms with Gasteiger partial charge in [-0.25, -0.2) is 0 Å². The van der Waals surface area contributed by atoms with E-state index in [4.69, 9.17) is 0 Å². The molecular weight excluding hydrogens is 418 g/mol. The number of nitrogens with one attached hydrogen (secondary N) is 1. The predicted octanol–water partition coefficient (Wildman–Crippen LogP) is 5.50. The number of hydrogen-bond acceptors (Lipinski definition) is 5. The van der Waals surface area contributed by atoms with Crippen LogP contribution in [0.1, 0.15) is 42.5 Å². The summed E-state index contributed by atoms with van der Waals surface area (Å²) >= 11 is 1.53. The Kier molecular flexibility index (Phi) is 6.37. The number of carbonyl (C=O) groups excluding carboxylic acids is 1. The van der Waals surface area contributed by atoms with Gasteiger partial charge in [0.15, 0.2) is 5.82 Å². The second-order valence-electron chi connectivity index (χ2n) is 8.41. The molecule has 0 aliphatic heterocycles. The number of amides is 1. The van der Waals surface area contributed by atoms with Crippen LogP contribution in [0.3, 0.4) is 0 Å². The topological polar surface area (TPSA) is 72.7 Å². The van der Waals surface area contributed by atoms with Crippen LogP contribution in [0.5, 0.6) is 0 Å². The van der Waals surface area contributed by atoms with Gasteiger partial charge in [-0.1, -0.05) is 63.2 Å². The van der Waals surface area contributed by atoms with E-state index in [2.05, 4.69) is 53.7 Å². The summed E-state index contributed by atoms with van der Waals surface area (Å²) in [5.74, 6) is 1.11. The van der Waals surface area contributed by atoms with Gasteiger partial charge in [-0.2, -0.15) is 4.68 Å². The van der Waals surface area contributed by atoms with E-state index in [1.54, 1.807) is 4.68 Å². The first-order chi connectivity index (χ1) is 15.4. The number of hydrogen-bond donors (Lipinski definition) is 1. The third-order valence-corrected chi connectivity index (χ3v) is 6.10. The van der Waals surface area contributed by atoms with Crippen molar-refractivity contribution in [3.05, 3.63) is 95.8 Å². The Labute approximate surface area is 192 Å². The summed E-state index contributed by atoms with van der Waals surface area (Å²) in [4.78, 5) is 13.9. The SMILES string of the molecule is CC(C)(C)c1ccc(NC(=O)c2ccccc2SCc2nnnn2-c2ccccc2)cc1. The first kappa shape index (κ1) is 21.8. The van der Waals surface area contributed by atoms with E-state index in [0.717, 1.165) is 16.3 Å². The second-order valence-corrected chi connectivity index (χ2v) is 9.43. The first-order valence-electron chi connectivity index (χ1n) is 10.4. The molecule has 0 unspecified atom stereocenters. The molecule has 1 N–H and O–H groups in total. The van der Waals surface area contributed by atoms with Crippen LogP contribution >= 0.6 is 11.8 Å². The van der Waals surface area contributed by atoms with Crippen LogP contribution in [-0.2, 0) is 11.2 Å². The number of anilines is 1. The summed E-state index contributed by atoms with van der Waals surface area (Å²) in [6, 6.07) is 25.3. The van der Waals surface area contributed by atoms with Crippen molar-refractivity contribution >= 4 is 23.4 Å². The number of tetrazole rings is 1. The molecule has 1 heterocycles. The van der Waals surface area contributed by atoms with E-state index in [0.29, 0.717) is 17.1 Å². The molecular formula is C25H25N5OS. The number of para-hydroxylation sites is 1. The van der Waals surface area contributed by atoms with Gasteiger partial charge < -0.3 is 5.32 Å². The van der Waals surface area contributed by atoms with E-state index in [9.17, 15) is 4.79 Å². The monoisotopic (exact) mass is 443 g/mol. The average molecular weight is 444 g/mol. The summed E-state index contributed by atoms with van der Waals surface area (Å²) in [7, 11) is 0. The van der Waals surface area contributed by atoms with Crippen LogP contribution in [0.4, 0.5) is 5.69 Å². The fourth-order valence-corrected chi connectivity index (χ4v) is 4.20. The minimum atomic E-state index is -0.140. The summed E-state index contributed by atoms with van der Waals surface area (Å²) < 4.78 is 1.71. The van der Waals surface area contributed by atoms with Gasteiger partial charge in [-0.3, -0.25) is 4.79 Å². The van der Waals surface area contributed by atoms with Crippen molar-refractivity contribution in [1.29, 1.82) is 0 Å². The van der Waals surface area contributed by atoms with E-state index < -0.39 is 0 Å². The third-order valence-electron chi connectivity index (χ3n) is 5.03. The molecule has 0 atom stereocenters. The lowest BCUT2D eigenvalue weighted by Gasteiger charge is -2.19. The van der Waals surface area contributed by atoms with Gasteiger partial charge in [0.25, 0.3) is 5.91 Å². The minimum Gasteiger partial charge on any atom is -0.322 e. The van der Waals surface area contributed by atoms with Crippen molar-refractivity contribution in [2.45, 2.75) is 36.8 Å². The molecule has 0 saturated carbocycles. The molecule has 4 rings (SSSR count). The molecule has 32 heavy (non-hydrogen) atoms. The number of rotatable bonds is 6. The number of thioether (sulfide) groups is 1. The van der Waals surface area contributed by atoms with Crippen molar-refractivity contribution in [1.82, 2.24) is 20.2 Å². The van der Waals surface area contributed by atoms with Gasteiger partial charge in [0.1, 0.15) is 0 Å². The van der Waals surface area contributed by atoms with Gasteiger partial charge in [-0.15, -0.1) is 16.9 Å². The lowest BCUT2D eigenvalue weighted by molar-refractivity contribution is 0.102. The Morgan fingerprint density at radius 3 is 2.34 bits per heavy atom. The van der Waals surface area contributed by atoms with Crippen LogP contribution in [0.2, 0.25) is 0 Å². The summed E-state index contributed by atoms with van der Waals surface area (Å²) in [6.07, 6.45) is 0. The number of aromatic nitrogens is 4. The highest BCUT2D eigenvalue weighted by molar-refractivity contribution is 7.98. The fourth-order valence-electron chi connectivity index (χ4n) is 3.24. The molecule has 0 bridgehead atoms. The maximum Gasteiger partial charge on any atom is 0.256 e. The van der Waals surface area contributed by atoms with Crippen LogP contribution < -0.4 is 5.32 Å². The molecule has 7 heteroatoms. The highest BCUT2D eigenvalue weighted by Gasteiger charge is 2.16. The van der Waals surface area contributed by atoms with E-state index >= 15 is 0 Å². The number of carbonyl (C=O) groups is 1. The fraction of sp³-hybridized carbons (Fsp3) is 0.200. The van der Waals surface area contributed by atoms with Crippen molar-refractivity contribution in [2.75, 3.05) is 5.32 Å². The Bertz CT molecular complexity index is 1200. The molecule has 0 aliphatic rings. The Morgan fingerprint density at radius 2 is 1.62 bits per heavy atom. The first-order valence-corrected chi connectivity index (χ1v) is 11.4. The van der Waals surface area contributed by atoms with Crippen LogP contribution in [-0.4, -0.2) is 26.1 Å². The van der Waals surface area contributed by atoms with Crippen LogP contribution in [0, 0.1) is 0 Å². The smallest absolute Gasteiger partial charge is 0.256 e. The maximum absolute atomic E-state index is 13.0. The zero-order chi connectivity index (χ0) is 22.6. The quantitative estimate of drug-likeness (QED) is 0.398.